The van der Waals surface area contributed by atoms with Crippen LogP contribution < -0.4 is 37.5 Å². The van der Waals surface area contributed by atoms with E-state index in [0.717, 1.165) is 41.5 Å². The zero-order valence-electron chi connectivity index (χ0n) is 25.2. The Morgan fingerprint density at radius 3 is 2.27 bits per heavy atom. The van der Waals surface area contributed by atoms with Crippen molar-refractivity contribution in [2.24, 2.45) is 11.5 Å². The summed E-state index contributed by atoms with van der Waals surface area (Å²) < 4.78 is 10.8. The van der Waals surface area contributed by atoms with Crippen molar-refractivity contribution in [2.45, 2.75) is 70.1 Å². The summed E-state index contributed by atoms with van der Waals surface area (Å²) in [5, 5.41) is 22.7. The molecule has 3 unspecified atom stereocenters. The summed E-state index contributed by atoms with van der Waals surface area (Å²) in [5.74, 6) is -0.00132. The Balaban J connectivity index is 2.15. The van der Waals surface area contributed by atoms with Gasteiger partial charge in [-0.2, -0.15) is 0 Å². The number of rotatable bonds is 17. The second-order valence-electron chi connectivity index (χ2n) is 10.1. The molecule has 0 aliphatic rings. The summed E-state index contributed by atoms with van der Waals surface area (Å²) in [7, 11) is 6.55. The molecule has 2 aromatic rings. The number of likely N-dealkylation sites (N-methyl/N-ethyl adjacent to an activating group) is 3. The van der Waals surface area contributed by atoms with E-state index in [1.807, 2.05) is 31.2 Å². The molecule has 0 aliphatic heterocycles. The number of esters is 1. The quantitative estimate of drug-likeness (QED) is 0.107. The molecule has 0 saturated carbocycles. The first kappa shape index (κ1) is 34.1. The number of methoxy groups -OCH3 is 1. The molecule has 2 aromatic carbocycles. The highest BCUT2D eigenvalue weighted by atomic mass is 16.5. The van der Waals surface area contributed by atoms with Crippen molar-refractivity contribution >= 4 is 11.9 Å². The predicted octanol–water partition coefficient (Wildman–Crippen LogP) is 1.07. The number of ether oxygens (including phenoxy) is 2. The molecule has 0 aliphatic carbocycles. The molecule has 228 valence electrons. The van der Waals surface area contributed by atoms with Gasteiger partial charge >= 0.3 is 5.97 Å². The number of hydrogen-bond acceptors (Lipinski definition) is 10. The number of nitrogens with two attached hydrogens (primary N) is 2. The van der Waals surface area contributed by atoms with Crippen LogP contribution in [-0.4, -0.2) is 69.8 Å². The standard InChI is InChI=1S/C30H48N6O5/c1-7-20(21-11-12-24(22(15-21)16-31)28(39)36-18-26(37)40-6)10-8-19-9-13-25(23(14-19)17-32)41-29(33-3)27(38)30(2,34-4)35-5/h9,11-15,20,27,29,33-35,38H,7-8,10,16-18,31-32H2,1-6H3,(H,36,39). The van der Waals surface area contributed by atoms with Gasteiger partial charge in [0.1, 0.15) is 18.4 Å². The number of hydrogen-bond donors (Lipinski definition) is 7. The van der Waals surface area contributed by atoms with E-state index in [1.165, 1.54) is 7.11 Å². The van der Waals surface area contributed by atoms with Crippen LogP contribution in [0.4, 0.5) is 0 Å². The molecule has 0 saturated heterocycles. The van der Waals surface area contributed by atoms with Crippen molar-refractivity contribution in [2.75, 3.05) is 34.8 Å². The van der Waals surface area contributed by atoms with Crippen LogP contribution in [0.1, 0.15) is 65.2 Å². The van der Waals surface area contributed by atoms with Gasteiger partial charge in [-0.3, -0.25) is 14.9 Å². The second kappa shape index (κ2) is 16.4. The Bertz CT molecular complexity index is 1140. The first-order valence-electron chi connectivity index (χ1n) is 14.0. The highest BCUT2D eigenvalue weighted by Gasteiger charge is 2.36. The number of amides is 1. The molecule has 41 heavy (non-hydrogen) atoms. The van der Waals surface area contributed by atoms with Gasteiger partial charge in [0.15, 0.2) is 6.23 Å². The average Bonchev–Trinajstić information content (AvgIpc) is 3.01. The lowest BCUT2D eigenvalue weighted by Crippen LogP contribution is -2.66. The number of benzene rings is 2. The molecule has 3 atom stereocenters. The molecule has 0 aromatic heterocycles. The van der Waals surface area contributed by atoms with Gasteiger partial charge in [-0.25, -0.2) is 0 Å². The van der Waals surface area contributed by atoms with Crippen LogP contribution in [0, 0.1) is 0 Å². The average molecular weight is 573 g/mol. The number of carbonyl (C=O) groups excluding carboxylic acids is 2. The Morgan fingerprint density at radius 1 is 1.02 bits per heavy atom. The third-order valence-corrected chi connectivity index (χ3v) is 7.76. The topological polar surface area (TPSA) is 173 Å². The number of nitrogens with one attached hydrogen (secondary N) is 4. The van der Waals surface area contributed by atoms with Gasteiger partial charge in [-0.1, -0.05) is 31.2 Å². The maximum Gasteiger partial charge on any atom is 0.325 e. The fourth-order valence-corrected chi connectivity index (χ4v) is 4.73. The first-order valence-corrected chi connectivity index (χ1v) is 14.0. The minimum Gasteiger partial charge on any atom is -0.472 e. The van der Waals surface area contributed by atoms with Crippen molar-refractivity contribution in [3.63, 3.8) is 0 Å². The van der Waals surface area contributed by atoms with Gasteiger partial charge < -0.3 is 42.0 Å². The van der Waals surface area contributed by atoms with E-state index in [1.54, 1.807) is 27.2 Å². The molecule has 11 heteroatoms. The summed E-state index contributed by atoms with van der Waals surface area (Å²) in [6, 6.07) is 11.7. The zero-order chi connectivity index (χ0) is 30.6. The highest BCUT2D eigenvalue weighted by molar-refractivity contribution is 5.97. The number of aliphatic hydroxyl groups is 1. The van der Waals surface area contributed by atoms with Crippen LogP contribution in [0.15, 0.2) is 36.4 Å². The van der Waals surface area contributed by atoms with Gasteiger partial charge in [-0.15, -0.1) is 0 Å². The van der Waals surface area contributed by atoms with Crippen LogP contribution in [0.3, 0.4) is 0 Å². The van der Waals surface area contributed by atoms with Crippen molar-refractivity contribution in [3.8, 4) is 5.75 Å². The Morgan fingerprint density at radius 2 is 1.71 bits per heavy atom. The fourth-order valence-electron chi connectivity index (χ4n) is 4.73. The third kappa shape index (κ3) is 8.96. The summed E-state index contributed by atoms with van der Waals surface area (Å²) in [6.07, 6.45) is 1.05. The Hall–Kier alpha value is -3.06. The summed E-state index contributed by atoms with van der Waals surface area (Å²) in [5.41, 5.74) is 15.6. The van der Waals surface area contributed by atoms with E-state index in [-0.39, 0.29) is 24.9 Å². The molecule has 0 radical (unpaired) electrons. The van der Waals surface area contributed by atoms with Crippen LogP contribution in [0.25, 0.3) is 0 Å². The minimum atomic E-state index is -0.901. The van der Waals surface area contributed by atoms with E-state index in [9.17, 15) is 14.7 Å². The van der Waals surface area contributed by atoms with E-state index in [4.69, 9.17) is 16.2 Å². The van der Waals surface area contributed by atoms with Crippen molar-refractivity contribution in [1.82, 2.24) is 21.3 Å². The zero-order valence-corrected chi connectivity index (χ0v) is 25.2. The lowest BCUT2D eigenvalue weighted by Gasteiger charge is -2.38. The molecule has 1 amide bonds. The van der Waals surface area contributed by atoms with E-state index >= 15 is 0 Å². The second-order valence-corrected chi connectivity index (χ2v) is 10.1. The van der Waals surface area contributed by atoms with Crippen LogP contribution >= 0.6 is 0 Å². The summed E-state index contributed by atoms with van der Waals surface area (Å²) in [6.45, 7) is 4.29. The van der Waals surface area contributed by atoms with Crippen molar-refractivity contribution < 1.29 is 24.2 Å². The third-order valence-electron chi connectivity index (χ3n) is 7.76. The maximum absolute atomic E-state index is 12.6. The SMILES string of the molecule is CCC(CCc1ccc(OC(NC)C(O)C(C)(NC)NC)c(CN)c1)c1ccc(C(=O)NCC(=O)OC)c(CN)c1. The lowest BCUT2D eigenvalue weighted by molar-refractivity contribution is -0.139. The van der Waals surface area contributed by atoms with E-state index in [0.29, 0.717) is 17.9 Å². The van der Waals surface area contributed by atoms with E-state index in [2.05, 4.69) is 39.0 Å². The molecule has 0 fully saturated rings. The van der Waals surface area contributed by atoms with Crippen LogP contribution in [-0.2, 0) is 29.0 Å². The number of carbonyl (C=O) groups is 2. The molecular weight excluding hydrogens is 524 g/mol. The predicted molar refractivity (Wildman–Crippen MR) is 160 cm³/mol. The fraction of sp³-hybridized carbons (Fsp3) is 0.533. The molecular formula is C30H48N6O5. The smallest absolute Gasteiger partial charge is 0.325 e. The van der Waals surface area contributed by atoms with Gasteiger partial charge in [0.05, 0.1) is 12.8 Å². The lowest BCUT2D eigenvalue weighted by atomic mass is 9.88. The van der Waals surface area contributed by atoms with Crippen LogP contribution in [0.2, 0.25) is 0 Å². The van der Waals surface area contributed by atoms with E-state index < -0.39 is 24.0 Å². The molecule has 0 heterocycles. The summed E-state index contributed by atoms with van der Waals surface area (Å²) in [4.78, 5) is 24.0. The van der Waals surface area contributed by atoms with Crippen molar-refractivity contribution in [3.05, 3.63) is 64.2 Å². The minimum absolute atomic E-state index is 0.200. The number of aryl methyl sites for hydroxylation is 1. The molecule has 0 bridgehead atoms. The molecule has 11 nitrogen and oxygen atoms in total. The van der Waals surface area contributed by atoms with Gasteiger partial charge in [0.25, 0.3) is 5.91 Å². The Kier molecular flexibility index (Phi) is 13.7. The highest BCUT2D eigenvalue weighted by Crippen LogP contribution is 2.29. The van der Waals surface area contributed by atoms with Gasteiger partial charge in [-0.05, 0) is 82.1 Å². The summed E-state index contributed by atoms with van der Waals surface area (Å²) >= 11 is 0. The van der Waals surface area contributed by atoms with Crippen LogP contribution in [0.5, 0.6) is 5.75 Å². The Labute approximate surface area is 243 Å². The van der Waals surface area contributed by atoms with Gasteiger partial charge in [0.2, 0.25) is 0 Å². The number of aliphatic hydroxyl groups excluding tert-OH is 1. The monoisotopic (exact) mass is 572 g/mol. The van der Waals surface area contributed by atoms with Crippen molar-refractivity contribution in [1.29, 1.82) is 0 Å². The first-order chi connectivity index (χ1) is 19.6. The molecule has 9 N–H and O–H groups in total. The normalized spacial score (nSPS) is 13.8. The molecule has 2 rings (SSSR count). The molecule has 0 spiro atoms. The largest absolute Gasteiger partial charge is 0.472 e. The maximum atomic E-state index is 12.6. The van der Waals surface area contributed by atoms with Gasteiger partial charge in [0, 0.05) is 24.2 Å².